The first-order valence-electron chi connectivity index (χ1n) is 8.30. The smallest absolute Gasteiger partial charge is 0.152 e. The van der Waals surface area contributed by atoms with Crippen LogP contribution in [-0.2, 0) is 84.6 Å². The van der Waals surface area contributed by atoms with Crippen molar-refractivity contribution in [2.75, 3.05) is 0 Å². The van der Waals surface area contributed by atoms with Gasteiger partial charge in [0.25, 0.3) is 0 Å². The normalized spacial score (nSPS) is 8.32. The van der Waals surface area contributed by atoms with Gasteiger partial charge in [0.1, 0.15) is 11.6 Å². The third kappa shape index (κ3) is 31.1. The standard InChI is InChI=1S/C10H15O2.C6H7O2.C5H11.CH3.2Y/c1-5-9(11)8(4)6-10(12)7(2)3;1-5(3-4-7)6(2)8;1-4-5(2)3;;;/h7H,1,4-6H2,2-3H3;1,3H2,2H3;5H,1,4H2,2-3H3;1H3;;/q4*-1;;. The second-order valence-electron chi connectivity index (χ2n) is 6.24. The zero-order valence-electron chi connectivity index (χ0n) is 18.6. The van der Waals surface area contributed by atoms with Crippen molar-refractivity contribution < 1.29 is 84.6 Å². The fourth-order valence-corrected chi connectivity index (χ4v) is 0.901. The van der Waals surface area contributed by atoms with Gasteiger partial charge in [0.2, 0.25) is 0 Å². The van der Waals surface area contributed by atoms with E-state index in [0.717, 1.165) is 12.3 Å². The van der Waals surface area contributed by atoms with Gasteiger partial charge in [-0.25, -0.2) is 0 Å². The van der Waals surface area contributed by atoms with Gasteiger partial charge in [-0.3, -0.25) is 20.7 Å². The van der Waals surface area contributed by atoms with Crippen LogP contribution in [0.25, 0.3) is 0 Å². The Morgan fingerprint density at radius 3 is 1.54 bits per heavy atom. The number of carbonyl (C=O) groups is 3. The van der Waals surface area contributed by atoms with Gasteiger partial charge in [0.15, 0.2) is 5.78 Å². The summed E-state index contributed by atoms with van der Waals surface area (Å²) in [7, 11) is 0. The minimum atomic E-state index is -0.145. The molecule has 0 amide bonds. The van der Waals surface area contributed by atoms with Gasteiger partial charge in [-0.05, 0) is 18.1 Å². The summed E-state index contributed by atoms with van der Waals surface area (Å²) in [6, 6.07) is 0. The number of carbonyl (C=O) groups excluding carboxylic acids is 4. The van der Waals surface area contributed by atoms with Crippen molar-refractivity contribution in [1.29, 1.82) is 0 Å². The summed E-state index contributed by atoms with van der Waals surface area (Å²) in [6.45, 7) is 23.3. The monoisotopic (exact) mass is 542 g/mol. The molecule has 0 aromatic carbocycles. The van der Waals surface area contributed by atoms with E-state index >= 15 is 0 Å². The predicted molar refractivity (Wildman–Crippen MR) is 110 cm³/mol. The molecule has 0 unspecified atom stereocenters. The Balaban J connectivity index is -0.0000000666. The molecule has 0 aliphatic heterocycles. The number of hydrogen-bond acceptors (Lipinski definition) is 4. The van der Waals surface area contributed by atoms with E-state index in [4.69, 9.17) is 0 Å². The van der Waals surface area contributed by atoms with Gasteiger partial charge in [-0.15, -0.1) is 12.8 Å². The maximum absolute atomic E-state index is 11.1. The third-order valence-electron chi connectivity index (χ3n) is 3.01. The second kappa shape index (κ2) is 27.4. The van der Waals surface area contributed by atoms with Crippen LogP contribution in [0.1, 0.15) is 60.3 Å². The summed E-state index contributed by atoms with van der Waals surface area (Å²) in [5, 5.41) is 0. The number of allylic oxidation sites excluding steroid dienone is 2. The number of rotatable bonds is 9. The maximum atomic E-state index is 11.1. The Labute approximate surface area is 223 Å². The molecule has 2 radical (unpaired) electrons. The Morgan fingerprint density at radius 1 is 0.964 bits per heavy atom. The van der Waals surface area contributed by atoms with Crippen molar-refractivity contribution in [3.8, 4) is 0 Å². The van der Waals surface area contributed by atoms with Crippen molar-refractivity contribution in [2.24, 2.45) is 11.8 Å². The molecule has 0 bridgehead atoms. The molecule has 0 spiro atoms. The maximum Gasteiger partial charge on any atom is 0.152 e. The van der Waals surface area contributed by atoms with E-state index < -0.39 is 0 Å². The van der Waals surface area contributed by atoms with E-state index in [9.17, 15) is 19.2 Å². The fraction of sp³-hybridized carbons (Fsp3) is 0.500. The molecule has 0 aliphatic carbocycles. The first-order chi connectivity index (χ1) is 11.4. The van der Waals surface area contributed by atoms with E-state index in [2.05, 4.69) is 40.9 Å². The van der Waals surface area contributed by atoms with Crippen LogP contribution < -0.4 is 0 Å². The fourth-order valence-electron chi connectivity index (χ4n) is 0.901. The summed E-state index contributed by atoms with van der Waals surface area (Å²) >= 11 is 0. The summed E-state index contributed by atoms with van der Waals surface area (Å²) in [5.74, 6) is 0.536. The quantitative estimate of drug-likeness (QED) is 0.307. The van der Waals surface area contributed by atoms with Crippen LogP contribution in [0.5, 0.6) is 0 Å². The minimum Gasteiger partial charge on any atom is -0.541 e. The summed E-state index contributed by atoms with van der Waals surface area (Å²) in [6.07, 6.45) is 3.03. The van der Waals surface area contributed by atoms with E-state index in [0.29, 0.717) is 11.1 Å². The van der Waals surface area contributed by atoms with Crippen LogP contribution in [0.3, 0.4) is 0 Å². The first kappa shape index (κ1) is 42.5. The molecular weight excluding hydrogens is 506 g/mol. The Kier molecular flexibility index (Phi) is 41.5. The van der Waals surface area contributed by atoms with Crippen LogP contribution in [0, 0.1) is 33.1 Å². The van der Waals surface area contributed by atoms with Gasteiger partial charge in [0, 0.05) is 77.8 Å². The molecule has 0 aromatic heterocycles. The van der Waals surface area contributed by atoms with E-state index in [-0.39, 0.29) is 115 Å². The molecule has 0 rings (SSSR count). The Bertz CT molecular complexity index is 467. The molecule has 0 atom stereocenters. The Morgan fingerprint density at radius 2 is 1.36 bits per heavy atom. The molecule has 0 aromatic rings. The van der Waals surface area contributed by atoms with Crippen LogP contribution in [-0.4, -0.2) is 23.6 Å². The van der Waals surface area contributed by atoms with Crippen molar-refractivity contribution >= 4 is 23.6 Å². The first-order valence-corrected chi connectivity index (χ1v) is 8.30. The molecule has 0 saturated heterocycles. The second-order valence-corrected chi connectivity index (χ2v) is 6.24. The summed E-state index contributed by atoms with van der Waals surface area (Å²) < 4.78 is 0. The van der Waals surface area contributed by atoms with Gasteiger partial charge in [0.05, 0.1) is 0 Å². The Hall–Kier alpha value is 0.368. The van der Waals surface area contributed by atoms with E-state index in [1.54, 1.807) is 6.29 Å². The number of Topliss-reactive ketones (excluding diaryl/α,β-unsaturated/α-hetero) is 3. The average molecular weight is 542 g/mol. The van der Waals surface area contributed by atoms with E-state index in [1.807, 2.05) is 13.8 Å². The predicted octanol–water partition coefficient (Wildman–Crippen LogP) is 4.89. The molecule has 0 N–H and O–H groups in total. The molecular formula is C22H36O4Y2-4. The zero-order chi connectivity index (χ0) is 20.6. The summed E-state index contributed by atoms with van der Waals surface area (Å²) in [5.41, 5.74) is 0.698. The average Bonchev–Trinajstić information content (AvgIpc) is 2.54. The largest absolute Gasteiger partial charge is 0.541 e. The van der Waals surface area contributed by atoms with Gasteiger partial charge in [-0.1, -0.05) is 46.8 Å². The number of hydrogen-bond donors (Lipinski definition) is 0. The van der Waals surface area contributed by atoms with Crippen LogP contribution in [0.4, 0.5) is 0 Å². The van der Waals surface area contributed by atoms with Crippen molar-refractivity contribution in [1.82, 2.24) is 0 Å². The van der Waals surface area contributed by atoms with Crippen LogP contribution in [0.15, 0.2) is 24.3 Å². The van der Waals surface area contributed by atoms with Crippen molar-refractivity contribution in [3.63, 3.8) is 0 Å². The zero-order valence-corrected chi connectivity index (χ0v) is 24.3. The molecule has 0 heterocycles. The minimum absolute atomic E-state index is 0. The van der Waals surface area contributed by atoms with Gasteiger partial charge < -0.3 is 26.1 Å². The molecule has 4 nitrogen and oxygen atoms in total. The van der Waals surface area contributed by atoms with Crippen molar-refractivity contribution in [2.45, 2.75) is 60.3 Å². The molecule has 0 aliphatic rings. The van der Waals surface area contributed by atoms with Crippen LogP contribution in [0.2, 0.25) is 0 Å². The third-order valence-corrected chi connectivity index (χ3v) is 3.01. The topological polar surface area (TPSA) is 68.3 Å². The van der Waals surface area contributed by atoms with Gasteiger partial charge in [-0.2, -0.15) is 6.42 Å². The molecule has 6 heteroatoms. The van der Waals surface area contributed by atoms with Crippen molar-refractivity contribution in [3.05, 3.63) is 45.6 Å². The molecule has 0 saturated carbocycles. The molecule has 158 valence electrons. The van der Waals surface area contributed by atoms with Crippen LogP contribution >= 0.6 is 0 Å². The van der Waals surface area contributed by atoms with E-state index in [1.165, 1.54) is 6.92 Å². The number of ketones is 3. The summed E-state index contributed by atoms with van der Waals surface area (Å²) in [4.78, 5) is 41.9. The molecule has 0 fully saturated rings. The molecule has 28 heavy (non-hydrogen) atoms. The van der Waals surface area contributed by atoms with Gasteiger partial charge >= 0.3 is 0 Å². The SMILES string of the molecule is C=C(CC(=O)C(C)C)C(=O)C[CH2-].C=C(C[C-]=O)C(C)=O.[CH2-]CC(C)C.[CH3-].[Y].[Y].